The normalized spacial score (nSPS) is 19.7. The minimum Gasteiger partial charge on any atom is -0.494 e. The minimum absolute atomic E-state index is 0.0378. The molecule has 2 aliphatic rings. The predicted molar refractivity (Wildman–Crippen MR) is 127 cm³/mol. The van der Waals surface area contributed by atoms with Crippen molar-refractivity contribution in [3.63, 3.8) is 0 Å². The molecule has 2 heterocycles. The van der Waals surface area contributed by atoms with Crippen LogP contribution >= 0.6 is 23.5 Å². The highest BCUT2D eigenvalue weighted by Crippen LogP contribution is 2.50. The largest absolute Gasteiger partial charge is 0.494 e. The lowest BCUT2D eigenvalue weighted by atomic mass is 10.3. The molecule has 0 saturated carbocycles. The number of rotatable bonds is 6. The Balaban J connectivity index is 1.76. The summed E-state index contributed by atoms with van der Waals surface area (Å²) in [7, 11) is 1.64. The maximum Gasteiger partial charge on any atom is 0.269 e. The molecule has 1 fully saturated rings. The van der Waals surface area contributed by atoms with Crippen molar-refractivity contribution in [2.75, 3.05) is 25.1 Å². The second kappa shape index (κ2) is 9.18. The van der Waals surface area contributed by atoms with Gasteiger partial charge in [0.25, 0.3) is 5.91 Å². The van der Waals surface area contributed by atoms with Crippen molar-refractivity contribution >= 4 is 46.0 Å². The molecule has 4 rings (SSSR count). The van der Waals surface area contributed by atoms with Gasteiger partial charge in [-0.2, -0.15) is 0 Å². The van der Waals surface area contributed by atoms with Gasteiger partial charge in [-0.25, -0.2) is 4.99 Å². The first-order valence-electron chi connectivity index (χ1n) is 10.2. The number of thioether (sulfide) groups is 2. The smallest absolute Gasteiger partial charge is 0.269 e. The Labute approximate surface area is 186 Å². The van der Waals surface area contributed by atoms with E-state index in [2.05, 4.69) is 30.9 Å². The Morgan fingerprint density at radius 1 is 1.00 bits per heavy atom. The number of para-hydroxylation sites is 3. The van der Waals surface area contributed by atoms with Gasteiger partial charge in [-0.3, -0.25) is 9.69 Å². The van der Waals surface area contributed by atoms with Crippen LogP contribution in [0, 0.1) is 0 Å². The highest BCUT2D eigenvalue weighted by atomic mass is 32.2. The van der Waals surface area contributed by atoms with Crippen LogP contribution < -0.4 is 9.64 Å². The van der Waals surface area contributed by atoms with Crippen LogP contribution in [0.1, 0.15) is 26.7 Å². The lowest BCUT2D eigenvalue weighted by Crippen LogP contribution is -2.30. The van der Waals surface area contributed by atoms with Crippen LogP contribution in [0.25, 0.3) is 0 Å². The number of carbonyl (C=O) groups is 1. The van der Waals surface area contributed by atoms with Crippen molar-refractivity contribution in [1.29, 1.82) is 0 Å². The molecule has 1 amide bonds. The Kier molecular flexibility index (Phi) is 6.39. The van der Waals surface area contributed by atoms with Gasteiger partial charge < -0.3 is 9.64 Å². The maximum absolute atomic E-state index is 13.5. The third-order valence-electron chi connectivity index (χ3n) is 5.02. The second-order valence-corrected chi connectivity index (χ2v) is 8.94. The molecule has 2 aromatic rings. The van der Waals surface area contributed by atoms with Crippen molar-refractivity contribution in [2.45, 2.75) is 31.6 Å². The zero-order valence-corrected chi connectivity index (χ0v) is 19.1. The summed E-state index contributed by atoms with van der Waals surface area (Å²) in [6.07, 6.45) is 1.95. The molecule has 2 aromatic carbocycles. The Morgan fingerprint density at radius 2 is 1.77 bits per heavy atom. The molecule has 0 unspecified atom stereocenters. The summed E-state index contributed by atoms with van der Waals surface area (Å²) in [5.74, 6) is 0.739. The Hall–Kier alpha value is -2.38. The zero-order chi connectivity index (χ0) is 21.1. The number of amides is 1. The van der Waals surface area contributed by atoms with Gasteiger partial charge in [0.15, 0.2) is 5.17 Å². The molecule has 0 spiro atoms. The molecular weight excluding hydrogens is 414 g/mol. The van der Waals surface area contributed by atoms with E-state index < -0.39 is 0 Å². The third-order valence-corrected chi connectivity index (χ3v) is 7.40. The molecule has 0 aromatic heterocycles. The van der Waals surface area contributed by atoms with Crippen molar-refractivity contribution < 1.29 is 9.53 Å². The first kappa shape index (κ1) is 20.9. The van der Waals surface area contributed by atoms with Crippen LogP contribution in [-0.2, 0) is 4.79 Å². The quantitative estimate of drug-likeness (QED) is 0.528. The highest BCUT2D eigenvalue weighted by Gasteiger charge is 2.39. The number of anilines is 1. The second-order valence-electron chi connectivity index (χ2n) is 6.93. The molecule has 0 radical (unpaired) electrons. The van der Waals surface area contributed by atoms with E-state index in [-0.39, 0.29) is 5.91 Å². The van der Waals surface area contributed by atoms with Gasteiger partial charge in [-0.1, -0.05) is 49.4 Å². The van der Waals surface area contributed by atoms with E-state index in [4.69, 9.17) is 9.73 Å². The van der Waals surface area contributed by atoms with E-state index >= 15 is 0 Å². The number of nitrogens with zero attached hydrogens (tertiary/aromatic N) is 3. The summed E-state index contributed by atoms with van der Waals surface area (Å²) in [5.41, 5.74) is 1.90. The van der Waals surface area contributed by atoms with Gasteiger partial charge in [0.1, 0.15) is 21.4 Å². The van der Waals surface area contributed by atoms with Gasteiger partial charge in [-0.15, -0.1) is 0 Å². The fraction of sp³-hybridized carbons (Fsp3) is 0.304. The molecular formula is C23H25N3O2S2. The fourth-order valence-corrected chi connectivity index (χ4v) is 5.89. The molecule has 5 nitrogen and oxygen atoms in total. The van der Waals surface area contributed by atoms with Gasteiger partial charge in [-0.05, 0) is 49.4 Å². The lowest BCUT2D eigenvalue weighted by Gasteiger charge is -2.19. The average molecular weight is 440 g/mol. The summed E-state index contributed by atoms with van der Waals surface area (Å²) >= 11 is 3.14. The molecule has 0 bridgehead atoms. The van der Waals surface area contributed by atoms with Gasteiger partial charge in [0.05, 0.1) is 12.8 Å². The number of aliphatic imine (C=N–C) groups is 1. The van der Waals surface area contributed by atoms with E-state index in [0.717, 1.165) is 40.7 Å². The summed E-state index contributed by atoms with van der Waals surface area (Å²) in [6, 6.07) is 16.0. The number of hydrogen-bond donors (Lipinski definition) is 0. The molecule has 2 aliphatic heterocycles. The fourth-order valence-electron chi connectivity index (χ4n) is 3.47. The van der Waals surface area contributed by atoms with Crippen LogP contribution in [0.3, 0.4) is 0 Å². The van der Waals surface area contributed by atoms with E-state index in [0.29, 0.717) is 17.5 Å². The number of benzene rings is 2. The van der Waals surface area contributed by atoms with Crippen LogP contribution in [0.4, 0.5) is 11.4 Å². The minimum atomic E-state index is 0.0378. The van der Waals surface area contributed by atoms with Crippen molar-refractivity contribution in [2.24, 2.45) is 4.99 Å². The van der Waals surface area contributed by atoms with E-state index in [1.807, 2.05) is 41.3 Å². The van der Waals surface area contributed by atoms with Crippen LogP contribution in [-0.4, -0.2) is 36.2 Å². The number of ether oxygens (including phenoxy) is 1. The molecule has 1 saturated heterocycles. The molecule has 30 heavy (non-hydrogen) atoms. The van der Waals surface area contributed by atoms with Crippen molar-refractivity contribution in [3.05, 3.63) is 58.5 Å². The van der Waals surface area contributed by atoms with Gasteiger partial charge >= 0.3 is 0 Å². The van der Waals surface area contributed by atoms with E-state index in [1.54, 1.807) is 18.9 Å². The van der Waals surface area contributed by atoms with Crippen LogP contribution in [0.2, 0.25) is 0 Å². The van der Waals surface area contributed by atoms with Crippen molar-refractivity contribution in [1.82, 2.24) is 4.90 Å². The third kappa shape index (κ3) is 3.84. The SMILES string of the molecule is CCCCN1C(=O)C(=C2Sc3ccccc3N2CC)SC1=Nc1ccccc1OC. The molecule has 0 N–H and O–H groups in total. The molecule has 156 valence electrons. The number of hydrogen-bond acceptors (Lipinski definition) is 6. The predicted octanol–water partition coefficient (Wildman–Crippen LogP) is 5.86. The molecule has 0 aliphatic carbocycles. The number of amidine groups is 1. The first-order valence-corrected chi connectivity index (χ1v) is 11.8. The lowest BCUT2D eigenvalue weighted by molar-refractivity contribution is -0.122. The number of fused-ring (bicyclic) bond motifs is 1. The zero-order valence-electron chi connectivity index (χ0n) is 17.4. The molecule has 7 heteroatoms. The summed E-state index contributed by atoms with van der Waals surface area (Å²) in [6.45, 7) is 5.72. The highest BCUT2D eigenvalue weighted by molar-refractivity contribution is 8.19. The van der Waals surface area contributed by atoms with Crippen LogP contribution in [0.5, 0.6) is 5.75 Å². The number of carbonyl (C=O) groups excluding carboxylic acids is 1. The number of unbranched alkanes of at least 4 members (excludes halogenated alkanes) is 1. The monoisotopic (exact) mass is 439 g/mol. The topological polar surface area (TPSA) is 45.1 Å². The molecule has 0 atom stereocenters. The van der Waals surface area contributed by atoms with E-state index in [9.17, 15) is 4.79 Å². The van der Waals surface area contributed by atoms with Gasteiger partial charge in [0.2, 0.25) is 0 Å². The Morgan fingerprint density at radius 3 is 2.53 bits per heavy atom. The van der Waals surface area contributed by atoms with E-state index in [1.165, 1.54) is 16.7 Å². The average Bonchev–Trinajstić information content (AvgIpc) is 3.29. The number of methoxy groups -OCH3 is 1. The van der Waals surface area contributed by atoms with Crippen molar-refractivity contribution in [3.8, 4) is 5.75 Å². The summed E-state index contributed by atoms with van der Waals surface area (Å²) < 4.78 is 5.46. The summed E-state index contributed by atoms with van der Waals surface area (Å²) in [4.78, 5) is 24.3. The maximum atomic E-state index is 13.5. The van der Waals surface area contributed by atoms with Crippen LogP contribution in [0.15, 0.2) is 68.4 Å². The van der Waals surface area contributed by atoms with Gasteiger partial charge in [0, 0.05) is 18.0 Å². The summed E-state index contributed by atoms with van der Waals surface area (Å²) in [5, 5.41) is 1.72. The Bertz CT molecular complexity index is 1020. The standard InChI is InChI=1S/C23H25N3O2S2/c1-4-6-15-26-21(27)20(22-25(5-2)17-12-8-10-14-19(17)29-22)30-23(26)24-16-11-7-9-13-18(16)28-3/h7-14H,4-6,15H2,1-3H3. The first-order chi connectivity index (χ1) is 14.7.